The molecule has 130 valence electrons. The Balaban J connectivity index is 3.52. The van der Waals surface area contributed by atoms with E-state index in [0.717, 1.165) is 18.8 Å². The summed E-state index contributed by atoms with van der Waals surface area (Å²) in [6, 6.07) is 0. The van der Waals surface area contributed by atoms with Crippen LogP contribution in [0.2, 0.25) is 0 Å². The topological polar surface area (TPSA) is 26.3 Å². The first-order valence-electron chi connectivity index (χ1n) is 9.31. The molecular formula is C20H38O2. The maximum atomic E-state index is 11.3. The molecule has 2 atom stereocenters. The number of carbonyl (C=O) groups excluding carboxylic acids is 1. The van der Waals surface area contributed by atoms with Gasteiger partial charge >= 0.3 is 5.97 Å². The molecule has 2 heteroatoms. The van der Waals surface area contributed by atoms with Crippen LogP contribution in [-0.4, -0.2) is 12.6 Å². The third-order valence-corrected chi connectivity index (χ3v) is 4.62. The van der Waals surface area contributed by atoms with Crippen molar-refractivity contribution in [1.82, 2.24) is 0 Å². The summed E-state index contributed by atoms with van der Waals surface area (Å²) in [6.07, 6.45) is 13.1. The highest BCUT2D eigenvalue weighted by molar-refractivity contribution is 5.86. The maximum absolute atomic E-state index is 11.3. The highest BCUT2D eigenvalue weighted by Gasteiger charge is 2.12. The zero-order valence-electron chi connectivity index (χ0n) is 15.5. The molecule has 2 nitrogen and oxygen atoms in total. The number of esters is 1. The van der Waals surface area contributed by atoms with Gasteiger partial charge in [-0.15, -0.1) is 0 Å². The van der Waals surface area contributed by atoms with Crippen molar-refractivity contribution in [3.63, 3.8) is 0 Å². The fourth-order valence-electron chi connectivity index (χ4n) is 2.69. The number of unbranched alkanes of at least 4 members (excludes halogenated alkanes) is 6. The van der Waals surface area contributed by atoms with Gasteiger partial charge in [0.05, 0.1) is 6.61 Å². The average molecular weight is 311 g/mol. The van der Waals surface area contributed by atoms with E-state index in [2.05, 4.69) is 27.4 Å². The summed E-state index contributed by atoms with van der Waals surface area (Å²) in [4.78, 5) is 11.3. The van der Waals surface area contributed by atoms with Crippen LogP contribution >= 0.6 is 0 Å². The van der Waals surface area contributed by atoms with Crippen LogP contribution in [0.25, 0.3) is 0 Å². The Labute approximate surface area is 138 Å². The minimum absolute atomic E-state index is 0.260. The molecule has 0 saturated carbocycles. The predicted molar refractivity (Wildman–Crippen MR) is 95.9 cm³/mol. The first-order chi connectivity index (χ1) is 10.5. The lowest BCUT2D eigenvalue weighted by atomic mass is 9.87. The Morgan fingerprint density at radius 2 is 1.41 bits per heavy atom. The van der Waals surface area contributed by atoms with Crippen molar-refractivity contribution in [3.8, 4) is 0 Å². The van der Waals surface area contributed by atoms with Gasteiger partial charge in [0.15, 0.2) is 0 Å². The zero-order chi connectivity index (χ0) is 16.8. The number of carbonyl (C=O) groups is 1. The molecule has 0 saturated heterocycles. The van der Waals surface area contributed by atoms with Gasteiger partial charge in [-0.3, -0.25) is 0 Å². The molecule has 0 fully saturated rings. The summed E-state index contributed by atoms with van der Waals surface area (Å²) in [5.41, 5.74) is 0.486. The molecule has 2 unspecified atom stereocenters. The highest BCUT2D eigenvalue weighted by atomic mass is 16.5. The minimum atomic E-state index is -0.260. The Bertz CT molecular complexity index is 296. The Morgan fingerprint density at radius 1 is 0.909 bits per heavy atom. The van der Waals surface area contributed by atoms with Crippen molar-refractivity contribution in [2.75, 3.05) is 6.61 Å². The highest BCUT2D eigenvalue weighted by Crippen LogP contribution is 2.23. The summed E-state index contributed by atoms with van der Waals surface area (Å²) in [6.45, 7) is 12.8. The van der Waals surface area contributed by atoms with Gasteiger partial charge in [-0.25, -0.2) is 4.79 Å². The van der Waals surface area contributed by atoms with E-state index in [1.165, 1.54) is 51.4 Å². The first-order valence-corrected chi connectivity index (χ1v) is 9.31. The summed E-state index contributed by atoms with van der Waals surface area (Å²) >= 11 is 0. The van der Waals surface area contributed by atoms with Gasteiger partial charge < -0.3 is 4.74 Å². The molecule has 0 aliphatic heterocycles. The van der Waals surface area contributed by atoms with Crippen molar-refractivity contribution in [1.29, 1.82) is 0 Å². The normalized spacial score (nSPS) is 13.6. The first kappa shape index (κ1) is 21.2. The van der Waals surface area contributed by atoms with E-state index < -0.39 is 0 Å². The van der Waals surface area contributed by atoms with E-state index in [0.29, 0.717) is 18.1 Å². The fourth-order valence-corrected chi connectivity index (χ4v) is 2.69. The summed E-state index contributed by atoms with van der Waals surface area (Å²) < 4.78 is 5.14. The third kappa shape index (κ3) is 11.8. The summed E-state index contributed by atoms with van der Waals surface area (Å²) in [7, 11) is 0. The van der Waals surface area contributed by atoms with Crippen molar-refractivity contribution in [2.24, 2.45) is 11.8 Å². The van der Waals surface area contributed by atoms with Gasteiger partial charge in [-0.1, -0.05) is 78.7 Å². The molecule has 0 aromatic heterocycles. The van der Waals surface area contributed by atoms with Gasteiger partial charge in [0.25, 0.3) is 0 Å². The van der Waals surface area contributed by atoms with Crippen LogP contribution < -0.4 is 0 Å². The van der Waals surface area contributed by atoms with Crippen LogP contribution in [0.1, 0.15) is 91.9 Å². The summed E-state index contributed by atoms with van der Waals surface area (Å²) in [5, 5.41) is 0. The van der Waals surface area contributed by atoms with Gasteiger partial charge in [0.1, 0.15) is 0 Å². The smallest absolute Gasteiger partial charge is 0.333 e. The fraction of sp³-hybridized carbons (Fsp3) is 0.850. The quantitative estimate of drug-likeness (QED) is 0.214. The molecule has 0 spiro atoms. The molecule has 0 aliphatic carbocycles. The Hall–Kier alpha value is -0.790. The molecule has 0 N–H and O–H groups in total. The van der Waals surface area contributed by atoms with Gasteiger partial charge in [-0.05, 0) is 31.6 Å². The lowest BCUT2D eigenvalue weighted by Gasteiger charge is -2.19. The van der Waals surface area contributed by atoms with Crippen LogP contribution in [0.3, 0.4) is 0 Å². The monoisotopic (exact) mass is 310 g/mol. The van der Waals surface area contributed by atoms with E-state index in [1.54, 1.807) is 6.92 Å². The molecular weight excluding hydrogens is 272 g/mol. The molecule has 0 aromatic rings. The minimum Gasteiger partial charge on any atom is -0.462 e. The van der Waals surface area contributed by atoms with E-state index in [4.69, 9.17) is 4.74 Å². The lowest BCUT2D eigenvalue weighted by molar-refractivity contribution is -0.139. The van der Waals surface area contributed by atoms with Crippen molar-refractivity contribution in [3.05, 3.63) is 12.2 Å². The molecule has 0 rings (SSSR count). The second-order valence-corrected chi connectivity index (χ2v) is 6.92. The largest absolute Gasteiger partial charge is 0.462 e. The van der Waals surface area contributed by atoms with Crippen LogP contribution in [0.5, 0.6) is 0 Å². The number of hydrogen-bond donors (Lipinski definition) is 0. The number of rotatable bonds is 14. The molecule has 0 amide bonds. The van der Waals surface area contributed by atoms with Gasteiger partial charge in [-0.2, -0.15) is 0 Å². The second kappa shape index (κ2) is 13.8. The van der Waals surface area contributed by atoms with Crippen molar-refractivity contribution < 1.29 is 9.53 Å². The molecule has 0 radical (unpaired) electrons. The third-order valence-electron chi connectivity index (χ3n) is 4.62. The maximum Gasteiger partial charge on any atom is 0.333 e. The van der Waals surface area contributed by atoms with Gasteiger partial charge in [0, 0.05) is 5.57 Å². The molecule has 0 aliphatic rings. The van der Waals surface area contributed by atoms with E-state index >= 15 is 0 Å². The Morgan fingerprint density at radius 3 is 1.95 bits per heavy atom. The Kier molecular flexibility index (Phi) is 13.3. The average Bonchev–Trinajstić information content (AvgIpc) is 2.49. The molecule has 0 aromatic carbocycles. The molecule has 0 bridgehead atoms. The lowest BCUT2D eigenvalue weighted by Crippen LogP contribution is -2.11. The van der Waals surface area contributed by atoms with Crippen LogP contribution in [0, 0.1) is 11.8 Å². The predicted octanol–water partition coefficient (Wildman–Crippen LogP) is 6.30. The van der Waals surface area contributed by atoms with Crippen molar-refractivity contribution >= 4 is 5.97 Å². The van der Waals surface area contributed by atoms with E-state index in [9.17, 15) is 4.79 Å². The van der Waals surface area contributed by atoms with Crippen LogP contribution in [0.4, 0.5) is 0 Å². The zero-order valence-corrected chi connectivity index (χ0v) is 15.5. The van der Waals surface area contributed by atoms with Gasteiger partial charge in [0.2, 0.25) is 0 Å². The van der Waals surface area contributed by atoms with E-state index in [-0.39, 0.29) is 5.97 Å². The number of ether oxygens (including phenoxy) is 1. The molecule has 22 heavy (non-hydrogen) atoms. The van der Waals surface area contributed by atoms with E-state index in [1.807, 2.05) is 0 Å². The molecule has 0 heterocycles. The number of hydrogen-bond acceptors (Lipinski definition) is 2. The van der Waals surface area contributed by atoms with Crippen LogP contribution in [-0.2, 0) is 9.53 Å². The van der Waals surface area contributed by atoms with Crippen molar-refractivity contribution in [2.45, 2.75) is 91.9 Å². The standard InChI is InChI=1S/C20H38O2/c1-6-7-8-9-10-11-12-14-18(4)19(5)15-13-16-22-20(21)17(2)3/h18-19H,2,6-16H2,1,3-5H3. The summed E-state index contributed by atoms with van der Waals surface area (Å²) in [5.74, 6) is 1.22. The van der Waals surface area contributed by atoms with Crippen LogP contribution in [0.15, 0.2) is 12.2 Å². The second-order valence-electron chi connectivity index (χ2n) is 6.92. The SMILES string of the molecule is C=C(C)C(=O)OCCCC(C)C(C)CCCCCCCCC.